The van der Waals surface area contributed by atoms with Gasteiger partial charge in [-0.2, -0.15) is 0 Å². The topological polar surface area (TPSA) is 78.5 Å². The molecule has 0 spiro atoms. The molecule has 148 valence electrons. The van der Waals surface area contributed by atoms with Crippen LogP contribution in [0.5, 0.6) is 0 Å². The van der Waals surface area contributed by atoms with Crippen LogP contribution in [-0.4, -0.2) is 22.8 Å². The van der Waals surface area contributed by atoms with E-state index in [9.17, 15) is 14.4 Å². The Morgan fingerprint density at radius 1 is 0.867 bits per heavy atom. The molecule has 8 heteroatoms. The van der Waals surface area contributed by atoms with Crippen molar-refractivity contribution < 1.29 is 14.4 Å². The number of hydrogen-bond acceptors (Lipinski definition) is 4. The van der Waals surface area contributed by atoms with Crippen LogP contribution in [0.15, 0.2) is 77.3 Å². The summed E-state index contributed by atoms with van der Waals surface area (Å²) in [4.78, 5) is 38.9. The summed E-state index contributed by atoms with van der Waals surface area (Å²) in [6.45, 7) is 0. The van der Waals surface area contributed by atoms with Crippen molar-refractivity contribution in [2.75, 3.05) is 10.2 Å². The predicted molar refractivity (Wildman–Crippen MR) is 122 cm³/mol. The molecule has 4 rings (SSSR count). The van der Waals surface area contributed by atoms with Crippen molar-refractivity contribution in [3.05, 3.63) is 94.0 Å². The van der Waals surface area contributed by atoms with Gasteiger partial charge in [-0.1, -0.05) is 30.3 Å². The van der Waals surface area contributed by atoms with Gasteiger partial charge in [0, 0.05) is 10.2 Å². The van der Waals surface area contributed by atoms with E-state index in [2.05, 4.69) is 26.6 Å². The van der Waals surface area contributed by atoms with Crippen molar-refractivity contribution in [2.24, 2.45) is 0 Å². The number of nitrogens with one attached hydrogen (secondary N) is 2. The van der Waals surface area contributed by atoms with E-state index in [1.165, 1.54) is 0 Å². The molecular formula is C22H14BrN3O3S. The van der Waals surface area contributed by atoms with Gasteiger partial charge in [0.25, 0.3) is 17.7 Å². The van der Waals surface area contributed by atoms with E-state index in [-0.39, 0.29) is 22.8 Å². The zero-order chi connectivity index (χ0) is 21.3. The van der Waals surface area contributed by atoms with Crippen LogP contribution < -0.4 is 15.5 Å². The SMILES string of the molecule is O=C(NC(=S)Nc1cccc(N2C(=O)c3ccccc3C2=O)c1)c1ccccc1Br. The van der Waals surface area contributed by atoms with Crippen molar-refractivity contribution in [2.45, 2.75) is 0 Å². The molecule has 0 saturated heterocycles. The van der Waals surface area contributed by atoms with Crippen molar-refractivity contribution in [1.82, 2.24) is 5.32 Å². The fourth-order valence-electron chi connectivity index (χ4n) is 3.12. The van der Waals surface area contributed by atoms with Gasteiger partial charge in [-0.05, 0) is 70.6 Å². The maximum absolute atomic E-state index is 12.7. The Morgan fingerprint density at radius 2 is 1.50 bits per heavy atom. The summed E-state index contributed by atoms with van der Waals surface area (Å²) in [6.07, 6.45) is 0. The maximum Gasteiger partial charge on any atom is 0.266 e. The second-order valence-electron chi connectivity index (χ2n) is 6.43. The molecule has 1 aliphatic heterocycles. The molecule has 0 aromatic heterocycles. The summed E-state index contributed by atoms with van der Waals surface area (Å²) < 4.78 is 0.651. The minimum absolute atomic E-state index is 0.0928. The highest BCUT2D eigenvalue weighted by atomic mass is 79.9. The standard InChI is InChI=1S/C22H14BrN3O3S/c23-18-11-4-3-10-17(18)19(27)25-22(30)24-13-6-5-7-14(12-13)26-20(28)15-8-1-2-9-16(15)21(26)29/h1-12H,(H2,24,25,27,30). The number of carbonyl (C=O) groups is 3. The van der Waals surface area contributed by atoms with Crippen LogP contribution in [0, 0.1) is 0 Å². The van der Waals surface area contributed by atoms with E-state index >= 15 is 0 Å². The average molecular weight is 480 g/mol. The molecule has 0 unspecified atom stereocenters. The molecule has 0 saturated carbocycles. The number of rotatable bonds is 3. The van der Waals surface area contributed by atoms with Crippen LogP contribution in [0.1, 0.15) is 31.1 Å². The highest BCUT2D eigenvalue weighted by Crippen LogP contribution is 2.29. The van der Waals surface area contributed by atoms with Crippen molar-refractivity contribution in [3.8, 4) is 0 Å². The lowest BCUT2D eigenvalue weighted by Gasteiger charge is -2.16. The largest absolute Gasteiger partial charge is 0.332 e. The van der Waals surface area contributed by atoms with Crippen LogP contribution >= 0.6 is 28.1 Å². The van der Waals surface area contributed by atoms with E-state index in [0.29, 0.717) is 32.5 Å². The third kappa shape index (κ3) is 3.74. The highest BCUT2D eigenvalue weighted by molar-refractivity contribution is 9.10. The molecule has 0 radical (unpaired) electrons. The Labute approximate surface area is 186 Å². The third-order valence-corrected chi connectivity index (χ3v) is 5.40. The predicted octanol–water partition coefficient (Wildman–Crippen LogP) is 4.38. The van der Waals surface area contributed by atoms with E-state index in [0.717, 1.165) is 4.90 Å². The number of amides is 3. The highest BCUT2D eigenvalue weighted by Gasteiger charge is 2.36. The number of imide groups is 1. The molecule has 3 aromatic carbocycles. The molecule has 3 amide bonds. The maximum atomic E-state index is 12.7. The summed E-state index contributed by atoms with van der Waals surface area (Å²) in [6, 6.07) is 20.4. The zero-order valence-corrected chi connectivity index (χ0v) is 17.8. The number of benzene rings is 3. The Bertz CT molecular complexity index is 1180. The molecule has 6 nitrogen and oxygen atoms in total. The van der Waals surface area contributed by atoms with Gasteiger partial charge in [-0.15, -0.1) is 0 Å². The monoisotopic (exact) mass is 479 g/mol. The van der Waals surface area contributed by atoms with Gasteiger partial charge < -0.3 is 5.32 Å². The molecule has 0 bridgehead atoms. The van der Waals surface area contributed by atoms with Crippen molar-refractivity contribution in [3.63, 3.8) is 0 Å². The summed E-state index contributed by atoms with van der Waals surface area (Å²) in [5.74, 6) is -1.12. The lowest BCUT2D eigenvalue weighted by molar-refractivity contribution is 0.0923. The second kappa shape index (κ2) is 8.17. The fraction of sp³-hybridized carbons (Fsp3) is 0. The summed E-state index contributed by atoms with van der Waals surface area (Å²) >= 11 is 8.56. The Balaban J connectivity index is 1.50. The average Bonchev–Trinajstić information content (AvgIpc) is 2.99. The molecular weight excluding hydrogens is 466 g/mol. The second-order valence-corrected chi connectivity index (χ2v) is 7.69. The van der Waals surface area contributed by atoms with Crippen LogP contribution in [0.2, 0.25) is 0 Å². The lowest BCUT2D eigenvalue weighted by atomic mass is 10.1. The lowest BCUT2D eigenvalue weighted by Crippen LogP contribution is -2.34. The molecule has 0 aliphatic carbocycles. The smallest absolute Gasteiger partial charge is 0.266 e. The quantitative estimate of drug-likeness (QED) is 0.430. The first-order valence-electron chi connectivity index (χ1n) is 8.90. The van der Waals surface area contributed by atoms with Gasteiger partial charge in [0.15, 0.2) is 5.11 Å². The number of carbonyl (C=O) groups excluding carboxylic acids is 3. The Hall–Kier alpha value is -3.36. The molecule has 2 N–H and O–H groups in total. The first-order chi connectivity index (χ1) is 14.5. The summed E-state index contributed by atoms with van der Waals surface area (Å²) in [5.41, 5.74) is 2.13. The molecule has 1 heterocycles. The molecule has 30 heavy (non-hydrogen) atoms. The Kier molecular flexibility index (Phi) is 5.43. The van der Waals surface area contributed by atoms with Crippen LogP contribution in [0.25, 0.3) is 0 Å². The normalized spacial score (nSPS) is 12.5. The minimum Gasteiger partial charge on any atom is -0.332 e. The van der Waals surface area contributed by atoms with Crippen LogP contribution in [0.3, 0.4) is 0 Å². The zero-order valence-electron chi connectivity index (χ0n) is 15.4. The number of thiocarbonyl (C=S) groups is 1. The van der Waals surface area contributed by atoms with Crippen molar-refractivity contribution in [1.29, 1.82) is 0 Å². The van der Waals surface area contributed by atoms with Gasteiger partial charge in [0.1, 0.15) is 0 Å². The van der Waals surface area contributed by atoms with E-state index in [4.69, 9.17) is 12.2 Å². The molecule has 0 atom stereocenters. The summed E-state index contributed by atoms with van der Waals surface area (Å²) in [5, 5.41) is 5.61. The fourth-order valence-corrected chi connectivity index (χ4v) is 3.80. The molecule has 3 aromatic rings. The first-order valence-corrected chi connectivity index (χ1v) is 10.1. The van der Waals surface area contributed by atoms with Gasteiger partial charge in [-0.25, -0.2) is 4.90 Å². The van der Waals surface area contributed by atoms with Crippen molar-refractivity contribution >= 4 is 62.4 Å². The first kappa shape index (κ1) is 19.9. The number of halogens is 1. The summed E-state index contributed by atoms with van der Waals surface area (Å²) in [7, 11) is 0. The van der Waals surface area contributed by atoms with E-state index in [1.54, 1.807) is 66.7 Å². The number of fused-ring (bicyclic) bond motifs is 1. The van der Waals surface area contributed by atoms with E-state index in [1.807, 2.05) is 6.07 Å². The molecule has 0 fully saturated rings. The van der Waals surface area contributed by atoms with E-state index < -0.39 is 0 Å². The minimum atomic E-state index is -0.377. The number of anilines is 2. The van der Waals surface area contributed by atoms with Crippen LogP contribution in [-0.2, 0) is 0 Å². The van der Waals surface area contributed by atoms with Gasteiger partial charge >= 0.3 is 0 Å². The Morgan fingerprint density at radius 3 is 2.17 bits per heavy atom. The number of nitrogens with zero attached hydrogens (tertiary/aromatic N) is 1. The van der Waals surface area contributed by atoms with Gasteiger partial charge in [-0.3, -0.25) is 19.7 Å². The third-order valence-electron chi connectivity index (χ3n) is 4.50. The number of hydrogen-bond donors (Lipinski definition) is 2. The molecule has 1 aliphatic rings. The van der Waals surface area contributed by atoms with Crippen LogP contribution in [0.4, 0.5) is 11.4 Å². The van der Waals surface area contributed by atoms with Gasteiger partial charge in [0.05, 0.1) is 22.4 Å². The van der Waals surface area contributed by atoms with Gasteiger partial charge in [0.2, 0.25) is 0 Å².